The Balaban J connectivity index is 1.91. The number of fused-ring (bicyclic) bond motifs is 2. The fourth-order valence-electron chi connectivity index (χ4n) is 3.57. The molecule has 2 saturated heterocycles. The molecule has 2 aliphatic rings. The summed E-state index contributed by atoms with van der Waals surface area (Å²) in [6.07, 6.45) is 4.24. The summed E-state index contributed by atoms with van der Waals surface area (Å²) in [5, 5.41) is 3.77. The standard InChI is InChI=1S/C19H36N2O2/c1-13(2)19(6,7)12-20-14-10-15-8-9-16(11-14)21(15)17(22)23-18(3,4)5/h13-16,20H,8-12H2,1-7H3. The summed E-state index contributed by atoms with van der Waals surface area (Å²) in [7, 11) is 0. The number of carbonyl (C=O) groups is 1. The van der Waals surface area contributed by atoms with Gasteiger partial charge in [-0.3, -0.25) is 0 Å². The smallest absolute Gasteiger partial charge is 0.410 e. The minimum Gasteiger partial charge on any atom is -0.444 e. The number of nitrogens with zero attached hydrogens (tertiary/aromatic N) is 1. The first-order valence-corrected chi connectivity index (χ1v) is 9.24. The Morgan fingerprint density at radius 1 is 1.13 bits per heavy atom. The van der Waals surface area contributed by atoms with Crippen molar-refractivity contribution in [1.82, 2.24) is 10.2 Å². The maximum absolute atomic E-state index is 12.5. The molecule has 0 aliphatic carbocycles. The Morgan fingerprint density at radius 2 is 1.65 bits per heavy atom. The van der Waals surface area contributed by atoms with Gasteiger partial charge in [0.1, 0.15) is 5.60 Å². The maximum atomic E-state index is 12.5. The largest absolute Gasteiger partial charge is 0.444 e. The molecule has 2 heterocycles. The van der Waals surface area contributed by atoms with E-state index in [9.17, 15) is 4.79 Å². The lowest BCUT2D eigenvalue weighted by Gasteiger charge is -2.41. The number of ether oxygens (including phenoxy) is 1. The van der Waals surface area contributed by atoms with Crippen molar-refractivity contribution in [2.45, 2.75) is 97.9 Å². The molecule has 4 nitrogen and oxygen atoms in total. The summed E-state index contributed by atoms with van der Waals surface area (Å²) in [6.45, 7) is 16.1. The van der Waals surface area contributed by atoms with Gasteiger partial charge in [0.25, 0.3) is 0 Å². The molecule has 2 unspecified atom stereocenters. The van der Waals surface area contributed by atoms with Crippen molar-refractivity contribution in [2.24, 2.45) is 11.3 Å². The zero-order valence-electron chi connectivity index (χ0n) is 16.1. The van der Waals surface area contributed by atoms with Gasteiger partial charge >= 0.3 is 6.09 Å². The van der Waals surface area contributed by atoms with E-state index in [4.69, 9.17) is 4.74 Å². The van der Waals surface area contributed by atoms with Gasteiger partial charge in [0, 0.05) is 24.7 Å². The molecule has 0 radical (unpaired) electrons. The van der Waals surface area contributed by atoms with Gasteiger partial charge in [0.05, 0.1) is 0 Å². The van der Waals surface area contributed by atoms with E-state index in [1.54, 1.807) is 0 Å². The second kappa shape index (κ2) is 6.62. The van der Waals surface area contributed by atoms with Crippen molar-refractivity contribution in [3.05, 3.63) is 0 Å². The van der Waals surface area contributed by atoms with Crippen molar-refractivity contribution < 1.29 is 9.53 Å². The third-order valence-electron chi connectivity index (χ3n) is 5.75. The third-order valence-corrected chi connectivity index (χ3v) is 5.75. The van der Waals surface area contributed by atoms with Crippen LogP contribution in [0.25, 0.3) is 0 Å². The van der Waals surface area contributed by atoms with Gasteiger partial charge in [0.15, 0.2) is 0 Å². The highest BCUT2D eigenvalue weighted by molar-refractivity contribution is 5.69. The van der Waals surface area contributed by atoms with Gasteiger partial charge in [-0.1, -0.05) is 27.7 Å². The molecule has 1 amide bonds. The summed E-state index contributed by atoms with van der Waals surface area (Å²) < 4.78 is 5.61. The first kappa shape index (κ1) is 18.6. The van der Waals surface area contributed by atoms with Crippen LogP contribution in [0, 0.1) is 11.3 Å². The normalized spacial score (nSPS) is 28.3. The average molecular weight is 325 g/mol. The van der Waals surface area contributed by atoms with E-state index in [1.165, 1.54) is 0 Å². The lowest BCUT2D eigenvalue weighted by atomic mass is 9.80. The van der Waals surface area contributed by atoms with Gasteiger partial charge < -0.3 is 15.0 Å². The number of carbonyl (C=O) groups excluding carboxylic acids is 1. The van der Waals surface area contributed by atoms with Crippen molar-refractivity contribution in [3.63, 3.8) is 0 Å². The second-order valence-corrected chi connectivity index (χ2v) is 9.47. The first-order valence-electron chi connectivity index (χ1n) is 9.24. The van der Waals surface area contributed by atoms with Gasteiger partial charge in [-0.05, 0) is 57.8 Å². The number of rotatable bonds is 4. The molecule has 0 saturated carbocycles. The summed E-state index contributed by atoms with van der Waals surface area (Å²) in [6, 6.07) is 1.23. The number of nitrogens with one attached hydrogen (secondary N) is 1. The predicted octanol–water partition coefficient (Wildman–Crippen LogP) is 4.19. The highest BCUT2D eigenvalue weighted by atomic mass is 16.6. The van der Waals surface area contributed by atoms with Crippen LogP contribution < -0.4 is 5.32 Å². The van der Waals surface area contributed by atoms with Crippen molar-refractivity contribution in [2.75, 3.05) is 6.54 Å². The van der Waals surface area contributed by atoms with Crippen molar-refractivity contribution >= 4 is 6.09 Å². The Morgan fingerprint density at radius 3 is 2.09 bits per heavy atom. The topological polar surface area (TPSA) is 41.6 Å². The van der Waals surface area contributed by atoms with Crippen LogP contribution in [0.2, 0.25) is 0 Å². The van der Waals surface area contributed by atoms with Crippen LogP contribution in [0.4, 0.5) is 4.79 Å². The van der Waals surface area contributed by atoms with Gasteiger partial charge in [0.2, 0.25) is 0 Å². The quantitative estimate of drug-likeness (QED) is 0.843. The first-order chi connectivity index (χ1) is 10.5. The molecule has 0 aromatic carbocycles. The molecular weight excluding hydrogens is 288 g/mol. The van der Waals surface area contributed by atoms with Gasteiger partial charge in [-0.25, -0.2) is 4.79 Å². The predicted molar refractivity (Wildman–Crippen MR) is 94.5 cm³/mol. The summed E-state index contributed by atoms with van der Waals surface area (Å²) in [5.41, 5.74) is -0.103. The summed E-state index contributed by atoms with van der Waals surface area (Å²) >= 11 is 0. The lowest BCUT2D eigenvalue weighted by Crippen LogP contribution is -2.53. The molecular formula is C19H36N2O2. The van der Waals surface area contributed by atoms with Crippen LogP contribution >= 0.6 is 0 Å². The Hall–Kier alpha value is -0.770. The SMILES string of the molecule is CC(C)C(C)(C)CNC1CC2CCC(C1)N2C(=O)OC(C)(C)C. The second-order valence-electron chi connectivity index (χ2n) is 9.47. The van der Waals surface area contributed by atoms with Crippen LogP contribution in [-0.4, -0.2) is 41.3 Å². The van der Waals surface area contributed by atoms with E-state index >= 15 is 0 Å². The average Bonchev–Trinajstić information content (AvgIpc) is 2.66. The van der Waals surface area contributed by atoms with Crippen molar-refractivity contribution in [3.8, 4) is 0 Å². The van der Waals surface area contributed by atoms with Crippen LogP contribution in [0.1, 0.15) is 74.1 Å². The third kappa shape index (κ3) is 4.62. The Labute approximate surface area is 142 Å². The molecule has 134 valence electrons. The highest BCUT2D eigenvalue weighted by Gasteiger charge is 2.44. The van der Waals surface area contributed by atoms with Crippen LogP contribution in [0.3, 0.4) is 0 Å². The minimum absolute atomic E-state index is 0.119. The molecule has 0 aromatic heterocycles. The lowest BCUT2D eigenvalue weighted by molar-refractivity contribution is 0.00418. The molecule has 1 N–H and O–H groups in total. The molecule has 0 spiro atoms. The molecule has 2 rings (SSSR count). The number of amides is 1. The fourth-order valence-corrected chi connectivity index (χ4v) is 3.57. The van der Waals surface area contributed by atoms with Crippen LogP contribution in [0.15, 0.2) is 0 Å². The molecule has 4 heteroatoms. The number of hydrogen-bond acceptors (Lipinski definition) is 3. The van der Waals surface area contributed by atoms with E-state index < -0.39 is 5.60 Å². The summed E-state index contributed by atoms with van der Waals surface area (Å²) in [5.74, 6) is 0.661. The Kier molecular flexibility index (Phi) is 5.34. The molecule has 23 heavy (non-hydrogen) atoms. The molecule has 2 bridgehead atoms. The monoisotopic (exact) mass is 324 g/mol. The van der Waals surface area contributed by atoms with E-state index in [-0.39, 0.29) is 6.09 Å². The van der Waals surface area contributed by atoms with Crippen LogP contribution in [0.5, 0.6) is 0 Å². The zero-order chi connectivity index (χ0) is 17.4. The molecule has 2 aliphatic heterocycles. The molecule has 2 atom stereocenters. The molecule has 0 aromatic rings. The summed E-state index contributed by atoms with van der Waals surface area (Å²) in [4.78, 5) is 14.5. The Bertz CT molecular complexity index is 412. The van der Waals surface area contributed by atoms with E-state index in [1.807, 2.05) is 25.7 Å². The minimum atomic E-state index is -0.410. The van der Waals surface area contributed by atoms with Crippen LogP contribution in [-0.2, 0) is 4.74 Å². The van der Waals surface area contributed by atoms with E-state index in [0.717, 1.165) is 32.2 Å². The van der Waals surface area contributed by atoms with E-state index in [2.05, 4.69) is 33.0 Å². The highest BCUT2D eigenvalue weighted by Crippen LogP contribution is 2.37. The molecule has 2 fully saturated rings. The van der Waals surface area contributed by atoms with E-state index in [0.29, 0.717) is 29.5 Å². The number of piperidine rings is 1. The van der Waals surface area contributed by atoms with Gasteiger partial charge in [-0.15, -0.1) is 0 Å². The number of hydrogen-bond donors (Lipinski definition) is 1. The fraction of sp³-hybridized carbons (Fsp3) is 0.947. The van der Waals surface area contributed by atoms with Gasteiger partial charge in [-0.2, -0.15) is 0 Å². The maximum Gasteiger partial charge on any atom is 0.410 e. The van der Waals surface area contributed by atoms with Crippen molar-refractivity contribution in [1.29, 1.82) is 0 Å². The zero-order valence-corrected chi connectivity index (χ0v) is 16.1.